The number of carbonyl (C=O) groups is 2. The van der Waals surface area contributed by atoms with Gasteiger partial charge in [-0.1, -0.05) is 0 Å². The van der Waals surface area contributed by atoms with Crippen LogP contribution in [0.2, 0.25) is 0 Å². The standard InChI is InChI=1S/C23H24F2O7S/c1-15(23(27)31-3)11-16-12-20(24)22(21(25)13-16)32-18-6-8-19(9-7-18)33(28,29)14-17(26)5-4-10-30-2/h6-9,11-13H,4-5,10,14H2,1-3H3/b15-11+. The lowest BCUT2D eigenvalue weighted by Gasteiger charge is -2.10. The minimum absolute atomic E-state index is 0.00722. The number of Topliss-reactive ketones (excluding diaryl/α,β-unsaturated/α-hetero) is 1. The third-order valence-corrected chi connectivity index (χ3v) is 6.16. The van der Waals surface area contributed by atoms with Crippen molar-refractivity contribution in [3.8, 4) is 11.5 Å². The van der Waals surface area contributed by atoms with Crippen LogP contribution in [0.3, 0.4) is 0 Å². The van der Waals surface area contributed by atoms with Gasteiger partial charge in [-0.25, -0.2) is 22.0 Å². The fraction of sp³-hybridized carbons (Fsp3) is 0.304. The molecule has 0 bridgehead atoms. The number of halogens is 2. The van der Waals surface area contributed by atoms with Gasteiger partial charge in [-0.05, 0) is 61.4 Å². The molecule has 2 aromatic rings. The summed E-state index contributed by atoms with van der Waals surface area (Å²) in [5, 5.41) is 0. The number of methoxy groups -OCH3 is 2. The number of ketones is 1. The van der Waals surface area contributed by atoms with Crippen LogP contribution < -0.4 is 4.74 Å². The number of hydrogen-bond donors (Lipinski definition) is 0. The van der Waals surface area contributed by atoms with Crippen LogP contribution in [0.15, 0.2) is 46.9 Å². The Balaban J connectivity index is 2.15. The van der Waals surface area contributed by atoms with E-state index in [9.17, 15) is 26.8 Å². The molecule has 0 aliphatic rings. The Kier molecular flexibility index (Phi) is 9.24. The van der Waals surface area contributed by atoms with E-state index in [1.165, 1.54) is 51.5 Å². The Morgan fingerprint density at radius 2 is 1.64 bits per heavy atom. The lowest BCUT2D eigenvalue weighted by atomic mass is 10.1. The zero-order valence-corrected chi connectivity index (χ0v) is 19.2. The Morgan fingerprint density at radius 1 is 1.03 bits per heavy atom. The average Bonchev–Trinajstić information content (AvgIpc) is 2.75. The molecule has 0 fully saturated rings. The van der Waals surface area contributed by atoms with Crippen molar-refractivity contribution in [1.29, 1.82) is 0 Å². The second-order valence-electron chi connectivity index (χ2n) is 7.10. The molecule has 2 aromatic carbocycles. The maximum atomic E-state index is 14.4. The van der Waals surface area contributed by atoms with Gasteiger partial charge in [0.1, 0.15) is 17.3 Å². The van der Waals surface area contributed by atoms with Crippen LogP contribution in [0.25, 0.3) is 6.08 Å². The quantitative estimate of drug-likeness (QED) is 0.270. The third-order valence-electron chi connectivity index (χ3n) is 4.47. The summed E-state index contributed by atoms with van der Waals surface area (Å²) in [4.78, 5) is 23.2. The summed E-state index contributed by atoms with van der Waals surface area (Å²) >= 11 is 0. The first kappa shape index (κ1) is 26.1. The first-order chi connectivity index (χ1) is 15.6. The van der Waals surface area contributed by atoms with Gasteiger partial charge in [0.2, 0.25) is 0 Å². The van der Waals surface area contributed by atoms with E-state index in [1.54, 1.807) is 0 Å². The first-order valence-corrected chi connectivity index (χ1v) is 11.5. The Hall–Kier alpha value is -3.11. The van der Waals surface area contributed by atoms with E-state index in [4.69, 9.17) is 9.47 Å². The molecule has 0 N–H and O–H groups in total. The topological polar surface area (TPSA) is 96.0 Å². The Morgan fingerprint density at radius 3 is 2.18 bits per heavy atom. The molecule has 10 heteroatoms. The predicted molar refractivity (Wildman–Crippen MR) is 117 cm³/mol. The van der Waals surface area contributed by atoms with E-state index >= 15 is 0 Å². The normalized spacial score (nSPS) is 11.8. The molecule has 0 amide bonds. The Labute approximate surface area is 190 Å². The van der Waals surface area contributed by atoms with Gasteiger partial charge in [0.15, 0.2) is 27.2 Å². The van der Waals surface area contributed by atoms with Crippen molar-refractivity contribution in [2.45, 2.75) is 24.7 Å². The van der Waals surface area contributed by atoms with Crippen molar-refractivity contribution in [3.05, 3.63) is 59.2 Å². The van der Waals surface area contributed by atoms with Crippen molar-refractivity contribution >= 4 is 27.7 Å². The summed E-state index contributed by atoms with van der Waals surface area (Å²) in [6.45, 7) is 1.79. The molecule has 0 radical (unpaired) electrons. The molecule has 0 saturated carbocycles. The fourth-order valence-corrected chi connectivity index (χ4v) is 4.13. The second kappa shape index (κ2) is 11.7. The summed E-state index contributed by atoms with van der Waals surface area (Å²) in [6, 6.07) is 6.82. The number of rotatable bonds is 11. The van der Waals surface area contributed by atoms with Gasteiger partial charge in [-0.3, -0.25) is 4.79 Å². The van der Waals surface area contributed by atoms with E-state index in [0.717, 1.165) is 12.1 Å². The van der Waals surface area contributed by atoms with Gasteiger partial charge >= 0.3 is 5.97 Å². The third kappa shape index (κ3) is 7.47. The van der Waals surface area contributed by atoms with Gasteiger partial charge in [0, 0.05) is 25.7 Å². The highest BCUT2D eigenvalue weighted by atomic mass is 32.2. The van der Waals surface area contributed by atoms with E-state index < -0.39 is 44.7 Å². The lowest BCUT2D eigenvalue weighted by Crippen LogP contribution is -2.16. The molecule has 0 saturated heterocycles. The van der Waals surface area contributed by atoms with Crippen LogP contribution >= 0.6 is 0 Å². The number of carbonyl (C=O) groups excluding carboxylic acids is 2. The molecule has 0 heterocycles. The zero-order valence-electron chi connectivity index (χ0n) is 18.4. The molecule has 0 spiro atoms. The molecule has 0 aromatic heterocycles. The molecule has 33 heavy (non-hydrogen) atoms. The summed E-state index contributed by atoms with van der Waals surface area (Å²) in [5.74, 6) is -4.45. The highest BCUT2D eigenvalue weighted by Gasteiger charge is 2.20. The zero-order chi connectivity index (χ0) is 24.6. The summed E-state index contributed by atoms with van der Waals surface area (Å²) in [6.07, 6.45) is 1.76. The van der Waals surface area contributed by atoms with Crippen molar-refractivity contribution in [2.24, 2.45) is 0 Å². The average molecular weight is 483 g/mol. The second-order valence-corrected chi connectivity index (χ2v) is 9.09. The molecule has 0 aliphatic carbocycles. The van der Waals surface area contributed by atoms with Gasteiger partial charge in [-0.15, -0.1) is 0 Å². The number of hydrogen-bond acceptors (Lipinski definition) is 7. The highest BCUT2D eigenvalue weighted by molar-refractivity contribution is 7.92. The SMILES string of the molecule is COCCCC(=O)CS(=O)(=O)c1ccc(Oc2c(F)cc(/C=C(\C)C(=O)OC)cc2F)cc1. The van der Waals surface area contributed by atoms with Crippen LogP contribution in [0, 0.1) is 11.6 Å². The molecular weight excluding hydrogens is 458 g/mol. The van der Waals surface area contributed by atoms with E-state index in [-0.39, 0.29) is 28.2 Å². The van der Waals surface area contributed by atoms with Crippen molar-refractivity contribution < 1.29 is 41.0 Å². The van der Waals surface area contributed by atoms with Gasteiger partial charge in [0.05, 0.1) is 12.0 Å². The van der Waals surface area contributed by atoms with Crippen molar-refractivity contribution in [1.82, 2.24) is 0 Å². The summed E-state index contributed by atoms with van der Waals surface area (Å²) in [5.41, 5.74) is 0.246. The smallest absolute Gasteiger partial charge is 0.333 e. The molecule has 0 unspecified atom stereocenters. The number of ether oxygens (including phenoxy) is 3. The van der Waals surface area contributed by atoms with Crippen LogP contribution in [0.5, 0.6) is 11.5 Å². The first-order valence-electron chi connectivity index (χ1n) is 9.84. The number of esters is 1. The lowest BCUT2D eigenvalue weighted by molar-refractivity contribution is -0.135. The maximum absolute atomic E-state index is 14.4. The molecule has 0 atom stereocenters. The van der Waals surface area contributed by atoms with E-state index in [1.807, 2.05) is 0 Å². The number of benzene rings is 2. The van der Waals surface area contributed by atoms with E-state index in [0.29, 0.717) is 13.0 Å². The minimum atomic E-state index is -3.87. The Bertz CT molecular complexity index is 1120. The van der Waals surface area contributed by atoms with Gasteiger partial charge < -0.3 is 14.2 Å². The summed E-state index contributed by atoms with van der Waals surface area (Å²) < 4.78 is 68.2. The highest BCUT2D eigenvalue weighted by Crippen LogP contribution is 2.30. The van der Waals surface area contributed by atoms with Crippen LogP contribution in [-0.2, 0) is 28.9 Å². The van der Waals surface area contributed by atoms with Crippen molar-refractivity contribution in [2.75, 3.05) is 26.6 Å². The molecule has 2 rings (SSSR count). The van der Waals surface area contributed by atoms with Crippen LogP contribution in [0.1, 0.15) is 25.3 Å². The molecule has 178 valence electrons. The largest absolute Gasteiger partial charge is 0.466 e. The molecule has 0 aliphatic heterocycles. The minimum Gasteiger partial charge on any atom is -0.466 e. The maximum Gasteiger partial charge on any atom is 0.333 e. The monoisotopic (exact) mass is 482 g/mol. The molecular formula is C23H24F2O7S. The van der Waals surface area contributed by atoms with Crippen LogP contribution in [-0.4, -0.2) is 46.7 Å². The summed E-state index contributed by atoms with van der Waals surface area (Å²) in [7, 11) is -1.19. The molecule has 7 nitrogen and oxygen atoms in total. The fourth-order valence-electron chi connectivity index (χ4n) is 2.84. The van der Waals surface area contributed by atoms with Gasteiger partial charge in [-0.2, -0.15) is 0 Å². The number of sulfone groups is 1. The van der Waals surface area contributed by atoms with Crippen molar-refractivity contribution in [3.63, 3.8) is 0 Å². The van der Waals surface area contributed by atoms with Gasteiger partial charge in [0.25, 0.3) is 0 Å². The van der Waals surface area contributed by atoms with E-state index in [2.05, 4.69) is 4.74 Å². The van der Waals surface area contributed by atoms with Crippen LogP contribution in [0.4, 0.5) is 8.78 Å². The predicted octanol–water partition coefficient (Wildman–Crippen LogP) is 4.10.